The number of nitrogens with one attached hydrogen (secondary N) is 1. The van der Waals surface area contributed by atoms with Gasteiger partial charge < -0.3 is 10.2 Å². The van der Waals surface area contributed by atoms with Crippen molar-refractivity contribution in [2.75, 3.05) is 25.0 Å². The van der Waals surface area contributed by atoms with Gasteiger partial charge in [0.1, 0.15) is 5.82 Å². The molecular formula is C18H29FN2. The Balaban J connectivity index is 2.07. The van der Waals surface area contributed by atoms with Gasteiger partial charge in [-0.25, -0.2) is 4.39 Å². The van der Waals surface area contributed by atoms with Crippen LogP contribution in [-0.2, 0) is 0 Å². The van der Waals surface area contributed by atoms with Crippen LogP contribution >= 0.6 is 0 Å². The zero-order valence-electron chi connectivity index (χ0n) is 13.8. The van der Waals surface area contributed by atoms with E-state index in [4.69, 9.17) is 0 Å². The molecule has 0 heterocycles. The second-order valence-corrected chi connectivity index (χ2v) is 6.74. The van der Waals surface area contributed by atoms with E-state index >= 15 is 0 Å². The summed E-state index contributed by atoms with van der Waals surface area (Å²) in [4.78, 5) is 2.20. The topological polar surface area (TPSA) is 15.3 Å². The summed E-state index contributed by atoms with van der Waals surface area (Å²) in [6.45, 7) is 8.90. The van der Waals surface area contributed by atoms with Crippen molar-refractivity contribution in [3.8, 4) is 0 Å². The van der Waals surface area contributed by atoms with Gasteiger partial charge in [0, 0.05) is 25.3 Å². The molecule has 1 aliphatic rings. The minimum Gasteiger partial charge on any atom is -0.374 e. The molecule has 1 aromatic carbocycles. The third kappa shape index (κ3) is 4.19. The van der Waals surface area contributed by atoms with E-state index in [0.717, 1.165) is 24.7 Å². The van der Waals surface area contributed by atoms with Gasteiger partial charge in [-0.3, -0.25) is 0 Å². The molecule has 0 radical (unpaired) electrons. The van der Waals surface area contributed by atoms with Crippen LogP contribution in [0.15, 0.2) is 24.3 Å². The van der Waals surface area contributed by atoms with Crippen molar-refractivity contribution < 1.29 is 4.39 Å². The molecule has 1 N–H and O–H groups in total. The Morgan fingerprint density at radius 2 is 2.05 bits per heavy atom. The molecular weight excluding hydrogens is 263 g/mol. The molecule has 1 aliphatic carbocycles. The van der Waals surface area contributed by atoms with E-state index < -0.39 is 0 Å². The number of hydrogen-bond acceptors (Lipinski definition) is 2. The van der Waals surface area contributed by atoms with Crippen molar-refractivity contribution in [1.29, 1.82) is 0 Å². The summed E-state index contributed by atoms with van der Waals surface area (Å²) in [5.74, 6) is 1.95. The summed E-state index contributed by atoms with van der Waals surface area (Å²) in [5, 5.41) is 3.66. The molecule has 1 fully saturated rings. The molecule has 1 saturated carbocycles. The van der Waals surface area contributed by atoms with Crippen molar-refractivity contribution in [1.82, 2.24) is 5.32 Å². The third-order valence-electron chi connectivity index (χ3n) is 4.88. The molecule has 1 aromatic rings. The van der Waals surface area contributed by atoms with Gasteiger partial charge in [-0.1, -0.05) is 26.8 Å². The fourth-order valence-electron chi connectivity index (χ4n) is 3.85. The standard InChI is InChI=1S/C18H29FN2/c1-5-20-18-10-13(2)9-14(3)17(18)12-21(4)16-8-6-7-15(19)11-16/h6-8,11,13-14,17-18,20H,5,9-10,12H2,1-4H3. The average Bonchev–Trinajstić information content (AvgIpc) is 2.42. The van der Waals surface area contributed by atoms with Crippen LogP contribution in [0, 0.1) is 23.6 Å². The Hall–Kier alpha value is -1.09. The predicted octanol–water partition coefficient (Wildman–Crippen LogP) is 3.92. The van der Waals surface area contributed by atoms with Gasteiger partial charge >= 0.3 is 0 Å². The highest BCUT2D eigenvalue weighted by atomic mass is 19.1. The van der Waals surface area contributed by atoms with Crippen LogP contribution in [0.3, 0.4) is 0 Å². The number of hydrogen-bond donors (Lipinski definition) is 1. The van der Waals surface area contributed by atoms with Gasteiger partial charge in [0.2, 0.25) is 0 Å². The maximum Gasteiger partial charge on any atom is 0.125 e. The largest absolute Gasteiger partial charge is 0.374 e. The van der Waals surface area contributed by atoms with E-state index in [9.17, 15) is 4.39 Å². The van der Waals surface area contributed by atoms with Crippen LogP contribution < -0.4 is 10.2 Å². The minimum absolute atomic E-state index is 0.159. The maximum absolute atomic E-state index is 13.4. The summed E-state index contributed by atoms with van der Waals surface area (Å²) in [6, 6.07) is 7.48. The van der Waals surface area contributed by atoms with Gasteiger partial charge in [-0.15, -0.1) is 0 Å². The summed E-state index contributed by atoms with van der Waals surface area (Å²) in [7, 11) is 2.07. The third-order valence-corrected chi connectivity index (χ3v) is 4.88. The fraction of sp³-hybridized carbons (Fsp3) is 0.667. The Bertz CT molecular complexity index is 449. The fourth-order valence-corrected chi connectivity index (χ4v) is 3.85. The molecule has 0 aliphatic heterocycles. The molecule has 21 heavy (non-hydrogen) atoms. The first-order chi connectivity index (χ1) is 10.0. The second-order valence-electron chi connectivity index (χ2n) is 6.74. The Kier molecular flexibility index (Phi) is 5.63. The maximum atomic E-state index is 13.4. The molecule has 2 rings (SSSR count). The average molecular weight is 292 g/mol. The lowest BCUT2D eigenvalue weighted by Crippen LogP contribution is -2.48. The normalized spacial score (nSPS) is 29.4. The summed E-state index contributed by atoms with van der Waals surface area (Å²) in [5.41, 5.74) is 0.969. The number of nitrogens with zero attached hydrogens (tertiary/aromatic N) is 1. The minimum atomic E-state index is -0.159. The molecule has 0 saturated heterocycles. The molecule has 0 aromatic heterocycles. The molecule has 2 nitrogen and oxygen atoms in total. The monoisotopic (exact) mass is 292 g/mol. The number of anilines is 1. The van der Waals surface area contributed by atoms with Crippen LogP contribution in [-0.4, -0.2) is 26.2 Å². The summed E-state index contributed by atoms with van der Waals surface area (Å²) < 4.78 is 13.4. The van der Waals surface area contributed by atoms with Gasteiger partial charge in [-0.2, -0.15) is 0 Å². The highest BCUT2D eigenvalue weighted by molar-refractivity contribution is 5.45. The van der Waals surface area contributed by atoms with Gasteiger partial charge in [0.05, 0.1) is 0 Å². The van der Waals surface area contributed by atoms with Crippen LogP contribution in [0.25, 0.3) is 0 Å². The first kappa shape index (κ1) is 16.3. The number of halogens is 1. The van der Waals surface area contributed by atoms with E-state index in [1.165, 1.54) is 18.9 Å². The molecule has 118 valence electrons. The van der Waals surface area contributed by atoms with Gasteiger partial charge in [-0.05, 0) is 55.3 Å². The molecule has 0 spiro atoms. The molecule has 3 heteroatoms. The Morgan fingerprint density at radius 3 is 2.71 bits per heavy atom. The predicted molar refractivity (Wildman–Crippen MR) is 88.2 cm³/mol. The molecule has 0 amide bonds. The van der Waals surface area contributed by atoms with Crippen LogP contribution in [0.5, 0.6) is 0 Å². The molecule has 0 bridgehead atoms. The Labute approximate surface area is 128 Å². The SMILES string of the molecule is CCNC1CC(C)CC(C)C1CN(C)c1cccc(F)c1. The van der Waals surface area contributed by atoms with E-state index in [2.05, 4.69) is 38.0 Å². The summed E-state index contributed by atoms with van der Waals surface area (Å²) in [6.07, 6.45) is 2.55. The molecule has 4 atom stereocenters. The Morgan fingerprint density at radius 1 is 1.29 bits per heavy atom. The first-order valence-electron chi connectivity index (χ1n) is 8.21. The van der Waals surface area contributed by atoms with Crippen molar-refractivity contribution in [2.45, 2.75) is 39.7 Å². The summed E-state index contributed by atoms with van der Waals surface area (Å²) >= 11 is 0. The smallest absolute Gasteiger partial charge is 0.125 e. The zero-order chi connectivity index (χ0) is 15.4. The van der Waals surface area contributed by atoms with Gasteiger partial charge in [0.15, 0.2) is 0 Å². The lowest BCUT2D eigenvalue weighted by molar-refractivity contribution is 0.154. The van der Waals surface area contributed by atoms with E-state index in [0.29, 0.717) is 17.9 Å². The molecule has 4 unspecified atom stereocenters. The van der Waals surface area contributed by atoms with Crippen LogP contribution in [0.4, 0.5) is 10.1 Å². The van der Waals surface area contributed by atoms with Crippen molar-refractivity contribution >= 4 is 5.69 Å². The van der Waals surface area contributed by atoms with E-state index in [-0.39, 0.29) is 5.82 Å². The van der Waals surface area contributed by atoms with Crippen molar-refractivity contribution in [3.63, 3.8) is 0 Å². The van der Waals surface area contributed by atoms with E-state index in [1.807, 2.05) is 6.07 Å². The lowest BCUT2D eigenvalue weighted by Gasteiger charge is -2.42. The number of benzene rings is 1. The first-order valence-corrected chi connectivity index (χ1v) is 8.21. The van der Waals surface area contributed by atoms with Gasteiger partial charge in [0.25, 0.3) is 0 Å². The van der Waals surface area contributed by atoms with Crippen molar-refractivity contribution in [3.05, 3.63) is 30.1 Å². The van der Waals surface area contributed by atoms with Crippen LogP contribution in [0.2, 0.25) is 0 Å². The highest BCUT2D eigenvalue weighted by Crippen LogP contribution is 2.34. The van der Waals surface area contributed by atoms with Crippen molar-refractivity contribution in [2.24, 2.45) is 17.8 Å². The number of rotatable bonds is 5. The lowest BCUT2D eigenvalue weighted by atomic mass is 9.72. The second kappa shape index (κ2) is 7.26. The van der Waals surface area contributed by atoms with Crippen LogP contribution in [0.1, 0.15) is 33.6 Å². The highest BCUT2D eigenvalue weighted by Gasteiger charge is 2.34. The van der Waals surface area contributed by atoms with E-state index in [1.54, 1.807) is 12.1 Å². The quantitative estimate of drug-likeness (QED) is 0.885. The zero-order valence-corrected chi connectivity index (χ0v) is 13.8.